The molecule has 0 saturated heterocycles. The summed E-state index contributed by atoms with van der Waals surface area (Å²) in [6.45, 7) is 3.16. The molecule has 5 aromatic rings. The minimum absolute atomic E-state index is 0.693. The average Bonchev–Trinajstić information content (AvgIpc) is 3.20. The first kappa shape index (κ1) is 20.7. The van der Waals surface area contributed by atoms with Crippen LogP contribution in [-0.2, 0) is 6.54 Å². The lowest BCUT2D eigenvalue weighted by atomic mass is 10.1. The zero-order chi connectivity index (χ0) is 22.6. The Morgan fingerprint density at radius 1 is 0.576 bits per heavy atom. The van der Waals surface area contributed by atoms with Gasteiger partial charge in [-0.25, -0.2) is 0 Å². The average molecular weight is 428 g/mol. The Balaban J connectivity index is 1.35. The fourth-order valence-electron chi connectivity index (χ4n) is 4.30. The van der Waals surface area contributed by atoms with Gasteiger partial charge in [-0.2, -0.15) is 0 Å². The molecular weight excluding hydrogens is 402 g/mol. The SMILES string of the molecule is CCn1c2ccccc2c2cc(/C=C/c3ccc(/C=C/c4ccc(C=O)cc4)cc3)ccc21. The van der Waals surface area contributed by atoms with E-state index in [0.717, 1.165) is 24.0 Å². The van der Waals surface area contributed by atoms with E-state index in [9.17, 15) is 4.79 Å². The molecule has 2 nitrogen and oxygen atoms in total. The lowest BCUT2D eigenvalue weighted by molar-refractivity contribution is 0.112. The third-order valence-corrected chi connectivity index (χ3v) is 6.06. The molecule has 0 atom stereocenters. The second kappa shape index (κ2) is 9.13. The van der Waals surface area contributed by atoms with Gasteiger partial charge in [0.15, 0.2) is 0 Å². The van der Waals surface area contributed by atoms with Gasteiger partial charge >= 0.3 is 0 Å². The van der Waals surface area contributed by atoms with E-state index in [-0.39, 0.29) is 0 Å². The van der Waals surface area contributed by atoms with Crippen LogP contribution in [-0.4, -0.2) is 10.9 Å². The Bertz CT molecular complexity index is 1480. The van der Waals surface area contributed by atoms with Crippen LogP contribution in [0.15, 0.2) is 91.0 Å². The lowest BCUT2D eigenvalue weighted by Crippen LogP contribution is -1.92. The van der Waals surface area contributed by atoms with E-state index in [0.29, 0.717) is 5.56 Å². The van der Waals surface area contributed by atoms with Crippen molar-refractivity contribution in [3.05, 3.63) is 119 Å². The summed E-state index contributed by atoms with van der Waals surface area (Å²) in [6, 6.07) is 31.4. The van der Waals surface area contributed by atoms with Crippen molar-refractivity contribution in [2.24, 2.45) is 0 Å². The smallest absolute Gasteiger partial charge is 0.150 e. The van der Waals surface area contributed by atoms with Crippen LogP contribution in [0.1, 0.15) is 39.5 Å². The monoisotopic (exact) mass is 427 g/mol. The van der Waals surface area contributed by atoms with Crippen molar-refractivity contribution in [1.29, 1.82) is 0 Å². The first-order valence-electron chi connectivity index (χ1n) is 11.3. The second-order valence-electron chi connectivity index (χ2n) is 8.16. The summed E-state index contributed by atoms with van der Waals surface area (Å²) < 4.78 is 2.38. The Morgan fingerprint density at radius 2 is 1.06 bits per heavy atom. The minimum atomic E-state index is 0.693. The Hall–Kier alpha value is -4.17. The molecule has 0 unspecified atom stereocenters. The van der Waals surface area contributed by atoms with Gasteiger partial charge in [0.05, 0.1) is 0 Å². The molecule has 33 heavy (non-hydrogen) atoms. The van der Waals surface area contributed by atoms with Crippen LogP contribution in [0.5, 0.6) is 0 Å². The summed E-state index contributed by atoms with van der Waals surface area (Å²) in [7, 11) is 0. The highest BCUT2D eigenvalue weighted by atomic mass is 16.1. The summed E-state index contributed by atoms with van der Waals surface area (Å²) in [5, 5.41) is 2.61. The Kier molecular flexibility index (Phi) is 5.73. The van der Waals surface area contributed by atoms with Crippen LogP contribution in [0.3, 0.4) is 0 Å². The van der Waals surface area contributed by atoms with Crippen LogP contribution in [0.25, 0.3) is 46.1 Å². The van der Waals surface area contributed by atoms with Gasteiger partial charge in [0.25, 0.3) is 0 Å². The van der Waals surface area contributed by atoms with Crippen LogP contribution < -0.4 is 0 Å². The normalized spacial score (nSPS) is 11.8. The minimum Gasteiger partial charge on any atom is -0.341 e. The number of rotatable bonds is 6. The summed E-state index contributed by atoms with van der Waals surface area (Å²) in [6.07, 6.45) is 9.34. The van der Waals surface area contributed by atoms with E-state index in [1.807, 2.05) is 24.3 Å². The van der Waals surface area contributed by atoms with Gasteiger partial charge in [-0.3, -0.25) is 4.79 Å². The number of hydrogen-bond donors (Lipinski definition) is 0. The third kappa shape index (κ3) is 4.28. The molecule has 0 amide bonds. The third-order valence-electron chi connectivity index (χ3n) is 6.06. The maximum Gasteiger partial charge on any atom is 0.150 e. The van der Waals surface area contributed by atoms with Crippen LogP contribution in [0, 0.1) is 0 Å². The molecule has 0 bridgehead atoms. The first-order chi connectivity index (χ1) is 16.2. The number of hydrogen-bond acceptors (Lipinski definition) is 1. The maximum atomic E-state index is 10.8. The molecule has 1 heterocycles. The molecule has 0 fully saturated rings. The number of carbonyl (C=O) groups is 1. The van der Waals surface area contributed by atoms with Crippen molar-refractivity contribution in [3.63, 3.8) is 0 Å². The number of carbonyl (C=O) groups excluding carboxylic acids is 1. The fourth-order valence-corrected chi connectivity index (χ4v) is 4.30. The molecule has 0 spiro atoms. The number of nitrogens with zero attached hydrogens (tertiary/aromatic N) is 1. The van der Waals surface area contributed by atoms with Gasteiger partial charge in [-0.15, -0.1) is 0 Å². The van der Waals surface area contributed by atoms with Gasteiger partial charge in [-0.05, 0) is 47.4 Å². The van der Waals surface area contributed by atoms with E-state index in [1.54, 1.807) is 0 Å². The molecule has 0 N–H and O–H groups in total. The summed E-state index contributed by atoms with van der Waals surface area (Å²) in [4.78, 5) is 10.8. The largest absolute Gasteiger partial charge is 0.341 e. The number of fused-ring (bicyclic) bond motifs is 3. The molecule has 0 aliphatic carbocycles. The van der Waals surface area contributed by atoms with Crippen molar-refractivity contribution < 1.29 is 4.79 Å². The molecule has 4 aromatic carbocycles. The van der Waals surface area contributed by atoms with Crippen LogP contribution in [0.2, 0.25) is 0 Å². The summed E-state index contributed by atoms with van der Waals surface area (Å²) >= 11 is 0. The highest BCUT2D eigenvalue weighted by Gasteiger charge is 2.08. The second-order valence-corrected chi connectivity index (χ2v) is 8.16. The molecule has 1 aromatic heterocycles. The zero-order valence-electron chi connectivity index (χ0n) is 18.6. The number of aromatic nitrogens is 1. The van der Waals surface area contributed by atoms with E-state index < -0.39 is 0 Å². The standard InChI is InChI=1S/C31H25NO/c1-2-32-30-6-4-3-5-28(30)29-21-26(19-20-31(29)32)16-13-24-10-7-23(8-11-24)9-12-25-14-17-27(22-33)18-15-25/h3-22H,2H2,1H3/b12-9+,16-13+. The molecule has 160 valence electrons. The molecule has 0 saturated carbocycles. The van der Waals surface area contributed by atoms with Gasteiger partial charge in [0.2, 0.25) is 0 Å². The predicted octanol–water partition coefficient (Wildman–Crippen LogP) is 7.97. The first-order valence-corrected chi connectivity index (χ1v) is 11.3. The van der Waals surface area contributed by atoms with Gasteiger partial charge < -0.3 is 4.57 Å². The van der Waals surface area contributed by atoms with Crippen molar-refractivity contribution in [1.82, 2.24) is 4.57 Å². The number of aryl methyl sites for hydroxylation is 1. The van der Waals surface area contributed by atoms with Crippen LogP contribution in [0.4, 0.5) is 0 Å². The molecule has 2 heteroatoms. The summed E-state index contributed by atoms with van der Waals surface area (Å²) in [5.41, 5.74) is 7.85. The number of benzene rings is 4. The topological polar surface area (TPSA) is 22.0 Å². The van der Waals surface area contributed by atoms with Crippen molar-refractivity contribution in [3.8, 4) is 0 Å². The summed E-state index contributed by atoms with van der Waals surface area (Å²) in [5.74, 6) is 0. The van der Waals surface area contributed by atoms with Crippen molar-refractivity contribution >= 4 is 52.4 Å². The van der Waals surface area contributed by atoms with Gasteiger partial charge in [0.1, 0.15) is 6.29 Å². The quantitative estimate of drug-likeness (QED) is 0.199. The molecule has 5 rings (SSSR count). The zero-order valence-corrected chi connectivity index (χ0v) is 18.6. The lowest BCUT2D eigenvalue weighted by Gasteiger charge is -2.03. The van der Waals surface area contributed by atoms with E-state index in [1.165, 1.54) is 32.9 Å². The predicted molar refractivity (Wildman–Crippen MR) is 141 cm³/mol. The van der Waals surface area contributed by atoms with Crippen molar-refractivity contribution in [2.75, 3.05) is 0 Å². The van der Waals surface area contributed by atoms with Gasteiger partial charge in [-0.1, -0.05) is 97.1 Å². The highest BCUT2D eigenvalue weighted by molar-refractivity contribution is 6.08. The molecule has 0 aliphatic rings. The molecule has 0 radical (unpaired) electrons. The van der Waals surface area contributed by atoms with Crippen molar-refractivity contribution in [2.45, 2.75) is 13.5 Å². The van der Waals surface area contributed by atoms with E-state index in [4.69, 9.17) is 0 Å². The molecule has 0 aliphatic heterocycles. The fraction of sp³-hybridized carbons (Fsp3) is 0.0645. The Morgan fingerprint density at radius 3 is 1.64 bits per heavy atom. The van der Waals surface area contributed by atoms with E-state index >= 15 is 0 Å². The Labute approximate surface area is 194 Å². The number of aldehydes is 1. The maximum absolute atomic E-state index is 10.8. The van der Waals surface area contributed by atoms with Crippen LogP contribution >= 0.6 is 0 Å². The number of para-hydroxylation sites is 1. The highest BCUT2D eigenvalue weighted by Crippen LogP contribution is 2.30. The van der Waals surface area contributed by atoms with Gasteiger partial charge in [0, 0.05) is 33.9 Å². The van der Waals surface area contributed by atoms with E-state index in [2.05, 4.69) is 103 Å². The molecular formula is C31H25NO.